The average Bonchev–Trinajstić information content (AvgIpc) is 2.87. The number of hydrogen-bond donors (Lipinski definition) is 1. The van der Waals surface area contributed by atoms with Crippen LogP contribution in [0.2, 0.25) is 0 Å². The third-order valence-electron chi connectivity index (χ3n) is 3.16. The molecule has 2 heterocycles. The molecule has 106 valence electrons. The van der Waals surface area contributed by atoms with Crippen molar-refractivity contribution in [1.29, 1.82) is 0 Å². The summed E-state index contributed by atoms with van der Waals surface area (Å²) in [5.41, 5.74) is 1.13. The van der Waals surface area contributed by atoms with Crippen molar-refractivity contribution < 1.29 is 9.47 Å². The predicted molar refractivity (Wildman–Crippen MR) is 73.8 cm³/mol. The zero-order valence-electron chi connectivity index (χ0n) is 11.3. The van der Waals surface area contributed by atoms with E-state index in [-0.39, 0.29) is 0 Å². The van der Waals surface area contributed by atoms with Crippen molar-refractivity contribution >= 4 is 0 Å². The SMILES string of the molecule is c1cc(CNCCn2ccnn2)c2c(c1)OCCCO2. The molecule has 1 aliphatic heterocycles. The van der Waals surface area contributed by atoms with Gasteiger partial charge in [0.2, 0.25) is 0 Å². The molecule has 0 radical (unpaired) electrons. The molecule has 0 aliphatic carbocycles. The van der Waals surface area contributed by atoms with Crippen LogP contribution in [0.4, 0.5) is 0 Å². The molecular weight excluding hydrogens is 256 g/mol. The summed E-state index contributed by atoms with van der Waals surface area (Å²) in [5, 5.41) is 11.1. The molecule has 1 aliphatic rings. The van der Waals surface area contributed by atoms with Crippen molar-refractivity contribution in [2.75, 3.05) is 19.8 Å². The number of nitrogens with zero attached hydrogens (tertiary/aromatic N) is 3. The van der Waals surface area contributed by atoms with Gasteiger partial charge in [-0.1, -0.05) is 17.3 Å². The van der Waals surface area contributed by atoms with Crippen LogP contribution in [0.5, 0.6) is 11.5 Å². The second-order valence-electron chi connectivity index (χ2n) is 4.64. The summed E-state index contributed by atoms with van der Waals surface area (Å²) in [4.78, 5) is 0. The van der Waals surface area contributed by atoms with Crippen LogP contribution in [-0.2, 0) is 13.1 Å². The molecule has 0 unspecified atom stereocenters. The Morgan fingerprint density at radius 3 is 3.10 bits per heavy atom. The fraction of sp³-hybridized carbons (Fsp3) is 0.429. The molecule has 0 saturated heterocycles. The highest BCUT2D eigenvalue weighted by molar-refractivity contribution is 5.46. The average molecular weight is 274 g/mol. The van der Waals surface area contributed by atoms with Gasteiger partial charge in [0.25, 0.3) is 0 Å². The maximum absolute atomic E-state index is 5.79. The maximum Gasteiger partial charge on any atom is 0.165 e. The molecule has 0 amide bonds. The zero-order valence-corrected chi connectivity index (χ0v) is 11.3. The second kappa shape index (κ2) is 6.38. The minimum Gasteiger partial charge on any atom is -0.490 e. The van der Waals surface area contributed by atoms with Gasteiger partial charge in [-0.3, -0.25) is 4.68 Å². The number of para-hydroxylation sites is 1. The first-order valence-corrected chi connectivity index (χ1v) is 6.86. The van der Waals surface area contributed by atoms with Gasteiger partial charge in [-0.25, -0.2) is 0 Å². The molecule has 0 atom stereocenters. The molecule has 1 aromatic carbocycles. The van der Waals surface area contributed by atoms with Crippen LogP contribution in [0.25, 0.3) is 0 Å². The molecular formula is C14H18N4O2. The Balaban J connectivity index is 1.57. The lowest BCUT2D eigenvalue weighted by molar-refractivity contribution is 0.296. The lowest BCUT2D eigenvalue weighted by atomic mass is 10.2. The number of ether oxygens (including phenoxy) is 2. The van der Waals surface area contributed by atoms with Crippen LogP contribution >= 0.6 is 0 Å². The monoisotopic (exact) mass is 274 g/mol. The summed E-state index contributed by atoms with van der Waals surface area (Å²) in [7, 11) is 0. The molecule has 6 heteroatoms. The fourth-order valence-electron chi connectivity index (χ4n) is 2.16. The third kappa shape index (κ3) is 3.08. The second-order valence-corrected chi connectivity index (χ2v) is 4.64. The van der Waals surface area contributed by atoms with Crippen LogP contribution in [0, 0.1) is 0 Å². The Labute approximate surface area is 117 Å². The van der Waals surface area contributed by atoms with E-state index in [4.69, 9.17) is 9.47 Å². The van der Waals surface area contributed by atoms with E-state index in [1.165, 1.54) is 0 Å². The smallest absolute Gasteiger partial charge is 0.165 e. The van der Waals surface area contributed by atoms with Gasteiger partial charge in [0.1, 0.15) is 0 Å². The number of fused-ring (bicyclic) bond motifs is 1. The van der Waals surface area contributed by atoms with E-state index in [2.05, 4.69) is 21.7 Å². The topological polar surface area (TPSA) is 61.2 Å². The molecule has 0 bridgehead atoms. The van der Waals surface area contributed by atoms with E-state index in [9.17, 15) is 0 Å². The highest BCUT2D eigenvalue weighted by Crippen LogP contribution is 2.32. The Morgan fingerprint density at radius 1 is 1.25 bits per heavy atom. The fourth-order valence-corrected chi connectivity index (χ4v) is 2.16. The van der Waals surface area contributed by atoms with Gasteiger partial charge >= 0.3 is 0 Å². The van der Waals surface area contributed by atoms with Crippen LogP contribution < -0.4 is 14.8 Å². The Hall–Kier alpha value is -2.08. The maximum atomic E-state index is 5.79. The van der Waals surface area contributed by atoms with Crippen molar-refractivity contribution in [3.05, 3.63) is 36.2 Å². The lowest BCUT2D eigenvalue weighted by Crippen LogP contribution is -2.20. The first kappa shape index (κ1) is 12.9. The van der Waals surface area contributed by atoms with Gasteiger partial charge in [-0.05, 0) is 6.07 Å². The number of nitrogens with one attached hydrogen (secondary N) is 1. The summed E-state index contributed by atoms with van der Waals surface area (Å²) in [6.07, 6.45) is 4.46. The van der Waals surface area contributed by atoms with Gasteiger partial charge in [0.05, 0.1) is 26.0 Å². The quantitative estimate of drug-likeness (QED) is 0.831. The molecule has 2 aromatic rings. The lowest BCUT2D eigenvalue weighted by Gasteiger charge is -2.13. The molecule has 0 spiro atoms. The number of benzene rings is 1. The molecule has 1 N–H and O–H groups in total. The van der Waals surface area contributed by atoms with E-state index in [0.717, 1.165) is 49.7 Å². The predicted octanol–water partition coefficient (Wildman–Crippen LogP) is 1.23. The summed E-state index contributed by atoms with van der Waals surface area (Å²) in [6, 6.07) is 6.03. The first-order valence-electron chi connectivity index (χ1n) is 6.86. The van der Waals surface area contributed by atoms with E-state index in [1.807, 2.05) is 18.3 Å². The van der Waals surface area contributed by atoms with Gasteiger partial charge in [-0.15, -0.1) is 5.10 Å². The van der Waals surface area contributed by atoms with Crippen LogP contribution in [0.3, 0.4) is 0 Å². The molecule has 6 nitrogen and oxygen atoms in total. The van der Waals surface area contributed by atoms with E-state index in [1.54, 1.807) is 10.9 Å². The van der Waals surface area contributed by atoms with E-state index >= 15 is 0 Å². The van der Waals surface area contributed by atoms with Crippen LogP contribution in [-0.4, -0.2) is 34.8 Å². The van der Waals surface area contributed by atoms with Crippen molar-refractivity contribution in [3.63, 3.8) is 0 Å². The largest absolute Gasteiger partial charge is 0.490 e. The van der Waals surface area contributed by atoms with Crippen molar-refractivity contribution in [1.82, 2.24) is 20.3 Å². The van der Waals surface area contributed by atoms with Crippen molar-refractivity contribution in [3.8, 4) is 11.5 Å². The molecule has 3 rings (SSSR count). The third-order valence-corrected chi connectivity index (χ3v) is 3.16. The minimum atomic E-state index is 0.711. The van der Waals surface area contributed by atoms with Gasteiger partial charge in [-0.2, -0.15) is 0 Å². The van der Waals surface area contributed by atoms with Gasteiger partial charge < -0.3 is 14.8 Å². The van der Waals surface area contributed by atoms with E-state index < -0.39 is 0 Å². The van der Waals surface area contributed by atoms with Crippen LogP contribution in [0.15, 0.2) is 30.6 Å². The summed E-state index contributed by atoms with van der Waals surface area (Å²) >= 11 is 0. The van der Waals surface area contributed by atoms with Gasteiger partial charge in [0.15, 0.2) is 11.5 Å². The summed E-state index contributed by atoms with van der Waals surface area (Å²) < 4.78 is 13.3. The normalized spacial score (nSPS) is 14.0. The van der Waals surface area contributed by atoms with E-state index in [0.29, 0.717) is 6.61 Å². The number of aromatic nitrogens is 3. The highest BCUT2D eigenvalue weighted by atomic mass is 16.5. The first-order chi connectivity index (χ1) is 9.93. The minimum absolute atomic E-state index is 0.711. The van der Waals surface area contributed by atoms with Crippen molar-refractivity contribution in [2.24, 2.45) is 0 Å². The number of rotatable bonds is 5. The molecule has 1 aromatic heterocycles. The molecule has 0 fully saturated rings. The Morgan fingerprint density at radius 2 is 2.20 bits per heavy atom. The number of hydrogen-bond acceptors (Lipinski definition) is 5. The Bertz CT molecular complexity index is 542. The van der Waals surface area contributed by atoms with Gasteiger partial charge in [0, 0.05) is 31.3 Å². The summed E-state index contributed by atoms with van der Waals surface area (Å²) in [5.74, 6) is 1.72. The summed E-state index contributed by atoms with van der Waals surface area (Å²) in [6.45, 7) is 3.81. The molecule has 20 heavy (non-hydrogen) atoms. The van der Waals surface area contributed by atoms with Crippen molar-refractivity contribution in [2.45, 2.75) is 19.5 Å². The Kier molecular flexibility index (Phi) is 4.13. The zero-order chi connectivity index (χ0) is 13.6. The standard InChI is InChI=1S/C14H18N4O2/c1-3-12(11-15-5-7-18-8-6-16-17-18)14-13(4-1)19-9-2-10-20-14/h1,3-4,6,8,15H,2,5,7,9-11H2. The molecule has 0 saturated carbocycles. The highest BCUT2D eigenvalue weighted by Gasteiger charge is 2.13. The van der Waals surface area contributed by atoms with Crippen LogP contribution in [0.1, 0.15) is 12.0 Å².